The molecular formula is C12H17N3+2. The van der Waals surface area contributed by atoms with E-state index in [1.54, 1.807) is 0 Å². The van der Waals surface area contributed by atoms with Crippen LogP contribution in [0.3, 0.4) is 0 Å². The van der Waals surface area contributed by atoms with E-state index in [4.69, 9.17) is 0 Å². The summed E-state index contributed by atoms with van der Waals surface area (Å²) in [5.41, 5.74) is 2.49. The lowest BCUT2D eigenvalue weighted by atomic mass is 10.1. The molecule has 15 heavy (non-hydrogen) atoms. The molecule has 3 heteroatoms. The minimum Gasteiger partial charge on any atom is -0.274 e. The highest BCUT2D eigenvalue weighted by Gasteiger charge is 2.30. The number of hydrogen-bond donors (Lipinski definition) is 3. The third kappa shape index (κ3) is 1.77. The van der Waals surface area contributed by atoms with Crippen LogP contribution in [-0.2, 0) is 0 Å². The van der Waals surface area contributed by atoms with Crippen molar-refractivity contribution >= 4 is 11.7 Å². The molecule has 0 fully saturated rings. The van der Waals surface area contributed by atoms with E-state index in [9.17, 15) is 0 Å². The molecule has 0 saturated heterocycles. The highest BCUT2D eigenvalue weighted by atomic mass is 15.1. The van der Waals surface area contributed by atoms with Gasteiger partial charge >= 0.3 is 0 Å². The predicted molar refractivity (Wildman–Crippen MR) is 60.8 cm³/mol. The molecule has 2 rings (SSSR count). The van der Waals surface area contributed by atoms with Gasteiger partial charge in [0.2, 0.25) is 0 Å². The number of rotatable bonds is 2. The van der Waals surface area contributed by atoms with Gasteiger partial charge in [0, 0.05) is 0 Å². The number of amidine groups is 2. The van der Waals surface area contributed by atoms with Crippen molar-refractivity contribution in [3.8, 4) is 0 Å². The van der Waals surface area contributed by atoms with Crippen molar-refractivity contribution in [2.75, 3.05) is 13.1 Å². The quantitative estimate of drug-likeness (QED) is 0.510. The van der Waals surface area contributed by atoms with Gasteiger partial charge in [-0.05, 0) is 26.0 Å². The van der Waals surface area contributed by atoms with Crippen molar-refractivity contribution in [3.63, 3.8) is 0 Å². The van der Waals surface area contributed by atoms with Gasteiger partial charge in [0.25, 0.3) is 11.7 Å². The normalized spacial score (nSPS) is 19.3. The van der Waals surface area contributed by atoms with Gasteiger partial charge in [-0.1, -0.05) is 12.1 Å². The molecule has 0 saturated carbocycles. The third-order valence-corrected chi connectivity index (χ3v) is 2.42. The second-order valence-corrected chi connectivity index (χ2v) is 3.48. The van der Waals surface area contributed by atoms with E-state index < -0.39 is 0 Å². The highest BCUT2D eigenvalue weighted by molar-refractivity contribution is 6.21. The Kier molecular flexibility index (Phi) is 2.81. The van der Waals surface area contributed by atoms with E-state index in [0.717, 1.165) is 24.8 Å². The summed E-state index contributed by atoms with van der Waals surface area (Å²) in [4.78, 5) is 6.67. The average molecular weight is 203 g/mol. The van der Waals surface area contributed by atoms with E-state index in [1.165, 1.54) is 11.1 Å². The van der Waals surface area contributed by atoms with E-state index in [0.29, 0.717) is 0 Å². The molecule has 0 unspecified atom stereocenters. The van der Waals surface area contributed by atoms with E-state index in [-0.39, 0.29) is 0 Å². The Morgan fingerprint density at radius 1 is 0.933 bits per heavy atom. The lowest BCUT2D eigenvalue weighted by Crippen LogP contribution is -2.79. The van der Waals surface area contributed by atoms with Gasteiger partial charge in [0.05, 0.1) is 24.2 Å². The monoisotopic (exact) mass is 203 g/mol. The maximum absolute atomic E-state index is 3.37. The van der Waals surface area contributed by atoms with Crippen molar-refractivity contribution in [1.29, 1.82) is 0 Å². The van der Waals surface area contributed by atoms with Crippen LogP contribution in [-0.4, -0.2) is 24.8 Å². The molecule has 3 N–H and O–H groups in total. The molecule has 1 aromatic carbocycles. The Hall–Kier alpha value is -1.64. The Morgan fingerprint density at radius 2 is 1.40 bits per heavy atom. The molecule has 1 aromatic rings. The first kappa shape index (κ1) is 9.90. The Bertz CT molecular complexity index is 380. The van der Waals surface area contributed by atoms with Gasteiger partial charge in [-0.15, -0.1) is 0 Å². The van der Waals surface area contributed by atoms with Gasteiger partial charge < -0.3 is 0 Å². The van der Waals surface area contributed by atoms with Crippen LogP contribution < -0.4 is 15.3 Å². The molecule has 0 aliphatic carbocycles. The minimum atomic E-state index is 0.927. The fourth-order valence-electron chi connectivity index (χ4n) is 1.81. The molecule has 1 heterocycles. The van der Waals surface area contributed by atoms with Crippen LogP contribution >= 0.6 is 0 Å². The standard InChI is InChI=1S/C12H15N3/c1-3-13-11-9-7-5-6-8-10(9)12(15-11)14-4-2/h5-8H,3-4H2,1-2H3,(H,13,14,15)/p+2. The van der Waals surface area contributed by atoms with Gasteiger partial charge in [-0.2, -0.15) is 0 Å². The average Bonchev–Trinajstić information content (AvgIpc) is 2.59. The zero-order valence-electron chi connectivity index (χ0n) is 9.22. The van der Waals surface area contributed by atoms with Crippen molar-refractivity contribution < 1.29 is 9.98 Å². The lowest BCUT2D eigenvalue weighted by Gasteiger charge is -1.90. The Labute approximate surface area is 90.0 Å². The van der Waals surface area contributed by atoms with Crippen molar-refractivity contribution in [2.24, 2.45) is 0 Å². The summed E-state index contributed by atoms with van der Waals surface area (Å²) in [6.45, 7) is 6.05. The molecule has 0 bridgehead atoms. The van der Waals surface area contributed by atoms with Crippen molar-refractivity contribution in [1.82, 2.24) is 5.32 Å². The molecule has 0 radical (unpaired) electrons. The third-order valence-electron chi connectivity index (χ3n) is 2.42. The summed E-state index contributed by atoms with van der Waals surface area (Å²) in [6.07, 6.45) is 0. The SMILES string of the molecule is CC[NH+]=C1NC(=[NH+]CC)c2ccccc21. The van der Waals surface area contributed by atoms with E-state index >= 15 is 0 Å². The second-order valence-electron chi connectivity index (χ2n) is 3.48. The Balaban J connectivity index is 2.49. The van der Waals surface area contributed by atoms with Gasteiger partial charge in [-0.3, -0.25) is 9.98 Å². The van der Waals surface area contributed by atoms with Gasteiger partial charge in [0.1, 0.15) is 0 Å². The van der Waals surface area contributed by atoms with Crippen LogP contribution in [0.4, 0.5) is 0 Å². The maximum atomic E-state index is 3.37. The first-order valence-electron chi connectivity index (χ1n) is 5.45. The van der Waals surface area contributed by atoms with E-state index in [1.807, 2.05) is 0 Å². The van der Waals surface area contributed by atoms with Crippen LogP contribution in [0, 0.1) is 0 Å². The molecular weight excluding hydrogens is 186 g/mol. The summed E-state index contributed by atoms with van der Waals surface area (Å²) >= 11 is 0. The summed E-state index contributed by atoms with van der Waals surface area (Å²) in [5, 5.41) is 3.37. The summed E-state index contributed by atoms with van der Waals surface area (Å²) < 4.78 is 0. The van der Waals surface area contributed by atoms with Crippen LogP contribution in [0.25, 0.3) is 0 Å². The molecule has 0 aromatic heterocycles. The summed E-state index contributed by atoms with van der Waals surface area (Å²) in [7, 11) is 0. The van der Waals surface area contributed by atoms with Gasteiger partial charge in [-0.25, -0.2) is 5.32 Å². The first-order valence-corrected chi connectivity index (χ1v) is 5.45. The zero-order chi connectivity index (χ0) is 10.7. The molecule has 78 valence electrons. The van der Waals surface area contributed by atoms with Crippen LogP contribution in [0.5, 0.6) is 0 Å². The topological polar surface area (TPSA) is 40.0 Å². The lowest BCUT2D eigenvalue weighted by molar-refractivity contribution is -0.458. The number of nitrogens with one attached hydrogen (secondary N) is 3. The smallest absolute Gasteiger partial charge is 0.274 e. The zero-order valence-corrected chi connectivity index (χ0v) is 9.22. The van der Waals surface area contributed by atoms with E-state index in [2.05, 4.69) is 53.4 Å². The largest absolute Gasteiger partial charge is 0.283 e. The molecule has 0 amide bonds. The summed E-state index contributed by atoms with van der Waals surface area (Å²) in [6, 6.07) is 8.38. The maximum Gasteiger partial charge on any atom is 0.283 e. The first-order chi connectivity index (χ1) is 7.36. The number of hydrogen-bond acceptors (Lipinski definition) is 0. The molecule has 0 atom stereocenters. The number of fused-ring (bicyclic) bond motifs is 1. The molecule has 1 aliphatic heterocycles. The van der Waals surface area contributed by atoms with Crippen LogP contribution in [0.2, 0.25) is 0 Å². The fourth-order valence-corrected chi connectivity index (χ4v) is 1.81. The fraction of sp³-hybridized carbons (Fsp3) is 0.333. The van der Waals surface area contributed by atoms with Crippen LogP contribution in [0.15, 0.2) is 24.3 Å². The Morgan fingerprint density at radius 3 is 1.80 bits per heavy atom. The minimum absolute atomic E-state index is 0.927. The number of benzene rings is 1. The van der Waals surface area contributed by atoms with Gasteiger partial charge in [0.15, 0.2) is 0 Å². The summed E-state index contributed by atoms with van der Waals surface area (Å²) in [5.74, 6) is 2.20. The second kappa shape index (κ2) is 4.26. The highest BCUT2D eigenvalue weighted by Crippen LogP contribution is 2.11. The molecule has 0 spiro atoms. The molecule has 3 nitrogen and oxygen atoms in total. The van der Waals surface area contributed by atoms with Crippen molar-refractivity contribution in [3.05, 3.63) is 35.4 Å². The molecule has 1 aliphatic rings. The van der Waals surface area contributed by atoms with Crippen molar-refractivity contribution in [2.45, 2.75) is 13.8 Å². The van der Waals surface area contributed by atoms with Crippen LogP contribution in [0.1, 0.15) is 25.0 Å². The predicted octanol–water partition coefficient (Wildman–Crippen LogP) is -2.02.